The summed E-state index contributed by atoms with van der Waals surface area (Å²) in [7, 11) is 1.65. The third-order valence-electron chi connectivity index (χ3n) is 3.13. The molecule has 0 radical (unpaired) electrons. The molecule has 88 valence electrons. The first-order chi connectivity index (χ1) is 7.33. The molecule has 3 heteroatoms. The number of carbonyl (C=O) groups is 1. The Morgan fingerprint density at radius 3 is 2.73 bits per heavy atom. The monoisotopic (exact) mass is 213 g/mol. The number of hydrogen-bond acceptors (Lipinski definition) is 2. The molecule has 0 atom stereocenters. The largest absolute Gasteiger partial charge is 0.383 e. The summed E-state index contributed by atoms with van der Waals surface area (Å²) in [6, 6.07) is 0. The predicted molar refractivity (Wildman–Crippen MR) is 60.7 cm³/mol. The first-order valence-corrected chi connectivity index (χ1v) is 6.08. The van der Waals surface area contributed by atoms with Crippen LogP contribution in [-0.2, 0) is 9.53 Å². The number of amides is 1. The van der Waals surface area contributed by atoms with Crippen LogP contribution < -0.4 is 5.32 Å². The molecule has 1 amide bonds. The van der Waals surface area contributed by atoms with Gasteiger partial charge >= 0.3 is 0 Å². The Labute approximate surface area is 92.6 Å². The fraction of sp³-hybridized carbons (Fsp3) is 0.917. The van der Waals surface area contributed by atoms with Gasteiger partial charge in [0, 0.05) is 20.1 Å². The second-order valence-corrected chi connectivity index (χ2v) is 4.39. The fourth-order valence-corrected chi connectivity index (χ4v) is 2.19. The van der Waals surface area contributed by atoms with Crippen LogP contribution in [0.25, 0.3) is 0 Å². The minimum atomic E-state index is 0.178. The van der Waals surface area contributed by atoms with Gasteiger partial charge in [0.05, 0.1) is 6.61 Å². The summed E-state index contributed by atoms with van der Waals surface area (Å²) in [6.45, 7) is 1.25. The summed E-state index contributed by atoms with van der Waals surface area (Å²) in [5.74, 6) is 0.976. The van der Waals surface area contributed by atoms with Crippen molar-refractivity contribution in [2.75, 3.05) is 20.3 Å². The molecule has 1 aliphatic carbocycles. The first-order valence-electron chi connectivity index (χ1n) is 6.08. The number of nitrogens with one attached hydrogen (secondary N) is 1. The molecule has 0 spiro atoms. The Hall–Kier alpha value is -0.570. The maximum atomic E-state index is 11.4. The molecule has 0 aromatic carbocycles. The van der Waals surface area contributed by atoms with E-state index in [0.29, 0.717) is 19.6 Å². The van der Waals surface area contributed by atoms with E-state index in [0.717, 1.165) is 12.3 Å². The molecule has 15 heavy (non-hydrogen) atoms. The van der Waals surface area contributed by atoms with E-state index in [-0.39, 0.29) is 5.91 Å². The van der Waals surface area contributed by atoms with E-state index in [1.165, 1.54) is 32.1 Å². The number of hydrogen-bond donors (Lipinski definition) is 1. The fourth-order valence-electron chi connectivity index (χ4n) is 2.19. The number of ether oxygens (including phenoxy) is 1. The molecule has 1 fully saturated rings. The van der Waals surface area contributed by atoms with Crippen molar-refractivity contribution >= 4 is 5.91 Å². The van der Waals surface area contributed by atoms with E-state index >= 15 is 0 Å². The molecule has 0 aromatic heterocycles. The smallest absolute Gasteiger partial charge is 0.220 e. The highest BCUT2D eigenvalue weighted by Gasteiger charge is 2.14. The van der Waals surface area contributed by atoms with Crippen molar-refractivity contribution in [1.82, 2.24) is 5.32 Å². The lowest BCUT2D eigenvalue weighted by Gasteiger charge is -2.20. The second kappa shape index (κ2) is 7.69. The molecule has 0 aromatic rings. The Kier molecular flexibility index (Phi) is 6.41. The van der Waals surface area contributed by atoms with E-state index in [9.17, 15) is 4.79 Å². The normalized spacial score (nSPS) is 17.7. The van der Waals surface area contributed by atoms with Crippen molar-refractivity contribution in [3.63, 3.8) is 0 Å². The molecule has 0 saturated heterocycles. The zero-order valence-corrected chi connectivity index (χ0v) is 9.76. The van der Waals surface area contributed by atoms with Gasteiger partial charge < -0.3 is 10.1 Å². The van der Waals surface area contributed by atoms with Gasteiger partial charge in [-0.2, -0.15) is 0 Å². The van der Waals surface area contributed by atoms with Gasteiger partial charge in [0.2, 0.25) is 5.91 Å². The Balaban J connectivity index is 2.00. The van der Waals surface area contributed by atoms with Crippen LogP contribution in [0.15, 0.2) is 0 Å². The maximum Gasteiger partial charge on any atom is 0.220 e. The lowest BCUT2D eigenvalue weighted by atomic mass is 9.86. The van der Waals surface area contributed by atoms with Crippen LogP contribution in [0.4, 0.5) is 0 Å². The lowest BCUT2D eigenvalue weighted by molar-refractivity contribution is -0.121. The summed E-state index contributed by atoms with van der Waals surface area (Å²) < 4.78 is 4.87. The van der Waals surface area contributed by atoms with Crippen molar-refractivity contribution in [1.29, 1.82) is 0 Å². The Bertz CT molecular complexity index is 176. The molecule has 1 aliphatic rings. The predicted octanol–water partition coefficient (Wildman–Crippen LogP) is 2.11. The molecular formula is C12H23NO2. The maximum absolute atomic E-state index is 11.4. The summed E-state index contributed by atoms with van der Waals surface area (Å²) in [6.07, 6.45) is 8.51. The van der Waals surface area contributed by atoms with E-state index in [1.54, 1.807) is 7.11 Å². The van der Waals surface area contributed by atoms with Gasteiger partial charge in [-0.25, -0.2) is 0 Å². The third-order valence-corrected chi connectivity index (χ3v) is 3.13. The van der Waals surface area contributed by atoms with Crippen LogP contribution >= 0.6 is 0 Å². The van der Waals surface area contributed by atoms with E-state index < -0.39 is 0 Å². The van der Waals surface area contributed by atoms with Gasteiger partial charge in [-0.15, -0.1) is 0 Å². The number of rotatable bonds is 6. The van der Waals surface area contributed by atoms with Crippen molar-refractivity contribution in [2.45, 2.75) is 44.9 Å². The quantitative estimate of drug-likeness (QED) is 0.686. The standard InChI is InChI=1S/C12H23NO2/c1-15-10-9-13-12(14)8-7-11-5-3-2-4-6-11/h11H,2-10H2,1H3,(H,13,14). The molecule has 0 bridgehead atoms. The van der Waals surface area contributed by atoms with Crippen molar-refractivity contribution in [3.05, 3.63) is 0 Å². The van der Waals surface area contributed by atoms with Crippen LogP contribution in [0, 0.1) is 5.92 Å². The molecular weight excluding hydrogens is 190 g/mol. The highest BCUT2D eigenvalue weighted by molar-refractivity contribution is 5.75. The second-order valence-electron chi connectivity index (χ2n) is 4.39. The molecule has 1 N–H and O–H groups in total. The SMILES string of the molecule is COCCNC(=O)CCC1CCCCC1. The van der Waals surface area contributed by atoms with E-state index in [2.05, 4.69) is 5.32 Å². The zero-order valence-electron chi connectivity index (χ0n) is 9.76. The van der Waals surface area contributed by atoms with Crippen LogP contribution in [-0.4, -0.2) is 26.2 Å². The molecule has 0 heterocycles. The summed E-state index contributed by atoms with van der Waals surface area (Å²) in [5, 5.41) is 2.86. The Morgan fingerprint density at radius 2 is 2.07 bits per heavy atom. The summed E-state index contributed by atoms with van der Waals surface area (Å²) >= 11 is 0. The van der Waals surface area contributed by atoms with E-state index in [1.807, 2.05) is 0 Å². The highest BCUT2D eigenvalue weighted by Crippen LogP contribution is 2.26. The summed E-state index contributed by atoms with van der Waals surface area (Å²) in [5.41, 5.74) is 0. The molecule has 3 nitrogen and oxygen atoms in total. The molecule has 0 aliphatic heterocycles. The minimum absolute atomic E-state index is 0.178. The Morgan fingerprint density at radius 1 is 1.33 bits per heavy atom. The van der Waals surface area contributed by atoms with Crippen molar-refractivity contribution < 1.29 is 9.53 Å². The zero-order chi connectivity index (χ0) is 10.9. The van der Waals surface area contributed by atoms with Crippen LogP contribution in [0.5, 0.6) is 0 Å². The van der Waals surface area contributed by atoms with E-state index in [4.69, 9.17) is 4.74 Å². The molecule has 1 saturated carbocycles. The lowest BCUT2D eigenvalue weighted by Crippen LogP contribution is -2.27. The topological polar surface area (TPSA) is 38.3 Å². The first kappa shape index (κ1) is 12.5. The van der Waals surface area contributed by atoms with Gasteiger partial charge in [0.25, 0.3) is 0 Å². The summed E-state index contributed by atoms with van der Waals surface area (Å²) in [4.78, 5) is 11.4. The molecule has 0 unspecified atom stereocenters. The molecule has 1 rings (SSSR count). The highest BCUT2D eigenvalue weighted by atomic mass is 16.5. The van der Waals surface area contributed by atoms with Crippen LogP contribution in [0.1, 0.15) is 44.9 Å². The van der Waals surface area contributed by atoms with Gasteiger partial charge in [0.15, 0.2) is 0 Å². The van der Waals surface area contributed by atoms with Gasteiger partial charge in [-0.3, -0.25) is 4.79 Å². The van der Waals surface area contributed by atoms with Gasteiger partial charge in [-0.05, 0) is 12.3 Å². The average molecular weight is 213 g/mol. The van der Waals surface area contributed by atoms with Crippen LogP contribution in [0.2, 0.25) is 0 Å². The van der Waals surface area contributed by atoms with Crippen molar-refractivity contribution in [2.24, 2.45) is 5.92 Å². The minimum Gasteiger partial charge on any atom is -0.383 e. The average Bonchev–Trinajstić information content (AvgIpc) is 2.28. The number of carbonyl (C=O) groups excluding carboxylic acids is 1. The van der Waals surface area contributed by atoms with Gasteiger partial charge in [-0.1, -0.05) is 32.1 Å². The van der Waals surface area contributed by atoms with Crippen LogP contribution in [0.3, 0.4) is 0 Å². The van der Waals surface area contributed by atoms with Gasteiger partial charge in [0.1, 0.15) is 0 Å². The number of methoxy groups -OCH3 is 1. The van der Waals surface area contributed by atoms with Crippen molar-refractivity contribution in [3.8, 4) is 0 Å². The third kappa shape index (κ3) is 5.78.